The third-order valence-corrected chi connectivity index (χ3v) is 2.17. The number of rotatable bonds is 6. The third-order valence-electron chi connectivity index (χ3n) is 2.17. The van der Waals surface area contributed by atoms with Crippen molar-refractivity contribution in [3.8, 4) is 0 Å². The van der Waals surface area contributed by atoms with E-state index in [0.29, 0.717) is 11.9 Å². The minimum absolute atomic E-state index is 0.454. The fourth-order valence-corrected chi connectivity index (χ4v) is 1.34. The lowest BCUT2D eigenvalue weighted by atomic mass is 10.1. The Kier molecular flexibility index (Phi) is 4.59. The second-order valence-electron chi connectivity index (χ2n) is 3.50. The van der Waals surface area contributed by atoms with E-state index < -0.39 is 0 Å². The Morgan fingerprint density at radius 3 is 2.71 bits per heavy atom. The van der Waals surface area contributed by atoms with Gasteiger partial charge in [0.1, 0.15) is 0 Å². The lowest BCUT2D eigenvalue weighted by molar-refractivity contribution is 0.351. The van der Waals surface area contributed by atoms with Gasteiger partial charge in [0, 0.05) is 12.5 Å². The van der Waals surface area contributed by atoms with Gasteiger partial charge in [0.15, 0.2) is 5.82 Å². The van der Waals surface area contributed by atoms with Crippen LogP contribution in [0.5, 0.6) is 0 Å². The molecule has 0 fully saturated rings. The van der Waals surface area contributed by atoms with E-state index in [2.05, 4.69) is 29.3 Å². The highest BCUT2D eigenvalue weighted by atomic mass is 16.5. The highest BCUT2D eigenvalue weighted by molar-refractivity contribution is 4.86. The molecule has 1 atom stereocenters. The van der Waals surface area contributed by atoms with Crippen LogP contribution in [-0.2, 0) is 6.42 Å². The van der Waals surface area contributed by atoms with E-state index in [4.69, 9.17) is 4.52 Å². The van der Waals surface area contributed by atoms with Gasteiger partial charge in [0.05, 0.1) is 0 Å². The molecule has 4 heteroatoms. The zero-order valence-electron chi connectivity index (χ0n) is 9.21. The Bertz CT molecular complexity index is 260. The number of aromatic nitrogens is 2. The summed E-state index contributed by atoms with van der Waals surface area (Å²) in [6.07, 6.45) is 3.07. The Labute approximate surface area is 85.1 Å². The molecule has 0 aromatic carbocycles. The SMILES string of the molecule is CCCNC(CC)Cc1nc(C)no1. The van der Waals surface area contributed by atoms with Gasteiger partial charge >= 0.3 is 0 Å². The maximum Gasteiger partial charge on any atom is 0.228 e. The molecule has 0 aliphatic carbocycles. The Morgan fingerprint density at radius 2 is 2.21 bits per heavy atom. The molecule has 0 aliphatic heterocycles. The van der Waals surface area contributed by atoms with Gasteiger partial charge in [-0.3, -0.25) is 0 Å². The minimum atomic E-state index is 0.454. The normalized spacial score (nSPS) is 13.1. The number of hydrogen-bond acceptors (Lipinski definition) is 4. The van der Waals surface area contributed by atoms with Crippen molar-refractivity contribution in [1.82, 2.24) is 15.5 Å². The average molecular weight is 197 g/mol. The molecule has 0 bridgehead atoms. The Hall–Kier alpha value is -0.900. The maximum absolute atomic E-state index is 5.08. The van der Waals surface area contributed by atoms with E-state index >= 15 is 0 Å². The molecule has 4 nitrogen and oxygen atoms in total. The van der Waals surface area contributed by atoms with Gasteiger partial charge in [-0.15, -0.1) is 0 Å². The van der Waals surface area contributed by atoms with Gasteiger partial charge in [-0.25, -0.2) is 0 Å². The van der Waals surface area contributed by atoms with Crippen molar-refractivity contribution in [2.45, 2.75) is 46.1 Å². The second kappa shape index (κ2) is 5.75. The summed E-state index contributed by atoms with van der Waals surface area (Å²) in [5.74, 6) is 1.45. The van der Waals surface area contributed by atoms with Crippen LogP contribution in [0.1, 0.15) is 38.4 Å². The van der Waals surface area contributed by atoms with Gasteiger partial charge in [-0.1, -0.05) is 19.0 Å². The molecule has 0 saturated carbocycles. The summed E-state index contributed by atoms with van der Waals surface area (Å²) in [5.41, 5.74) is 0. The van der Waals surface area contributed by atoms with E-state index in [1.165, 1.54) is 0 Å². The smallest absolute Gasteiger partial charge is 0.228 e. The van der Waals surface area contributed by atoms with Crippen LogP contribution >= 0.6 is 0 Å². The number of nitrogens with zero attached hydrogens (tertiary/aromatic N) is 2. The standard InChI is InChI=1S/C10H19N3O/c1-4-6-11-9(5-2)7-10-12-8(3)13-14-10/h9,11H,4-7H2,1-3H3. The van der Waals surface area contributed by atoms with Crippen molar-refractivity contribution in [3.63, 3.8) is 0 Å². The van der Waals surface area contributed by atoms with Crippen LogP contribution < -0.4 is 5.32 Å². The van der Waals surface area contributed by atoms with E-state index in [9.17, 15) is 0 Å². The first-order chi connectivity index (χ1) is 6.76. The number of aryl methyl sites for hydroxylation is 1. The molecule has 0 amide bonds. The van der Waals surface area contributed by atoms with Crippen LogP contribution in [0, 0.1) is 6.92 Å². The fraction of sp³-hybridized carbons (Fsp3) is 0.800. The van der Waals surface area contributed by atoms with Gasteiger partial charge in [0.25, 0.3) is 0 Å². The summed E-state index contributed by atoms with van der Waals surface area (Å²) in [5, 5.41) is 7.22. The third kappa shape index (κ3) is 3.46. The molecule has 1 rings (SSSR count). The molecular weight excluding hydrogens is 178 g/mol. The molecule has 1 heterocycles. The van der Waals surface area contributed by atoms with E-state index in [1.54, 1.807) is 0 Å². The largest absolute Gasteiger partial charge is 0.339 e. The molecular formula is C10H19N3O. The quantitative estimate of drug-likeness (QED) is 0.754. The van der Waals surface area contributed by atoms with E-state index in [-0.39, 0.29) is 0 Å². The van der Waals surface area contributed by atoms with E-state index in [0.717, 1.165) is 31.7 Å². The molecule has 0 saturated heterocycles. The molecule has 0 radical (unpaired) electrons. The highest BCUT2D eigenvalue weighted by Crippen LogP contribution is 2.03. The summed E-state index contributed by atoms with van der Waals surface area (Å²) in [4.78, 5) is 4.19. The summed E-state index contributed by atoms with van der Waals surface area (Å²) in [6, 6.07) is 0.454. The molecule has 0 aliphatic rings. The molecule has 80 valence electrons. The second-order valence-corrected chi connectivity index (χ2v) is 3.50. The van der Waals surface area contributed by atoms with Gasteiger partial charge < -0.3 is 9.84 Å². The molecule has 1 aromatic rings. The zero-order chi connectivity index (χ0) is 10.4. The molecule has 1 N–H and O–H groups in total. The maximum atomic E-state index is 5.08. The Balaban J connectivity index is 2.40. The molecule has 0 spiro atoms. The van der Waals surface area contributed by atoms with Crippen LogP contribution in [0.25, 0.3) is 0 Å². The fourth-order valence-electron chi connectivity index (χ4n) is 1.34. The predicted molar refractivity (Wildman–Crippen MR) is 55.1 cm³/mol. The lowest BCUT2D eigenvalue weighted by Gasteiger charge is -2.13. The van der Waals surface area contributed by atoms with Crippen molar-refractivity contribution in [3.05, 3.63) is 11.7 Å². The first kappa shape index (κ1) is 11.2. The minimum Gasteiger partial charge on any atom is -0.339 e. The van der Waals surface area contributed by atoms with Crippen LogP contribution in [0.2, 0.25) is 0 Å². The van der Waals surface area contributed by atoms with Crippen LogP contribution in [0.3, 0.4) is 0 Å². The summed E-state index contributed by atoms with van der Waals surface area (Å²) in [6.45, 7) is 7.21. The van der Waals surface area contributed by atoms with Crippen molar-refractivity contribution < 1.29 is 4.52 Å². The van der Waals surface area contributed by atoms with Crippen LogP contribution in [0.4, 0.5) is 0 Å². The van der Waals surface area contributed by atoms with Gasteiger partial charge in [-0.2, -0.15) is 4.98 Å². The van der Waals surface area contributed by atoms with Crippen molar-refractivity contribution in [2.75, 3.05) is 6.54 Å². The highest BCUT2D eigenvalue weighted by Gasteiger charge is 2.10. The molecule has 1 unspecified atom stereocenters. The summed E-state index contributed by atoms with van der Waals surface area (Å²) >= 11 is 0. The van der Waals surface area contributed by atoms with E-state index in [1.807, 2.05) is 6.92 Å². The summed E-state index contributed by atoms with van der Waals surface area (Å²) < 4.78 is 5.08. The zero-order valence-corrected chi connectivity index (χ0v) is 9.21. The Morgan fingerprint density at radius 1 is 1.43 bits per heavy atom. The predicted octanol–water partition coefficient (Wildman–Crippen LogP) is 1.70. The van der Waals surface area contributed by atoms with Crippen LogP contribution in [0.15, 0.2) is 4.52 Å². The van der Waals surface area contributed by atoms with Crippen molar-refractivity contribution >= 4 is 0 Å². The number of nitrogens with one attached hydrogen (secondary N) is 1. The lowest BCUT2D eigenvalue weighted by Crippen LogP contribution is -2.31. The van der Waals surface area contributed by atoms with Crippen molar-refractivity contribution in [2.24, 2.45) is 0 Å². The molecule has 1 aromatic heterocycles. The topological polar surface area (TPSA) is 51.0 Å². The monoisotopic (exact) mass is 197 g/mol. The van der Waals surface area contributed by atoms with Gasteiger partial charge in [-0.05, 0) is 26.3 Å². The first-order valence-electron chi connectivity index (χ1n) is 5.28. The first-order valence-corrected chi connectivity index (χ1v) is 5.28. The number of hydrogen-bond donors (Lipinski definition) is 1. The van der Waals surface area contributed by atoms with Crippen LogP contribution in [-0.4, -0.2) is 22.7 Å². The summed E-state index contributed by atoms with van der Waals surface area (Å²) in [7, 11) is 0. The van der Waals surface area contributed by atoms with Gasteiger partial charge in [0.2, 0.25) is 5.89 Å². The molecule has 14 heavy (non-hydrogen) atoms. The van der Waals surface area contributed by atoms with Crippen molar-refractivity contribution in [1.29, 1.82) is 0 Å². The average Bonchev–Trinajstić information content (AvgIpc) is 2.58.